The van der Waals surface area contributed by atoms with Gasteiger partial charge in [-0.05, 0) is 30.3 Å². The van der Waals surface area contributed by atoms with E-state index in [-0.39, 0.29) is 17.4 Å². The molecule has 0 spiro atoms. The predicted octanol–water partition coefficient (Wildman–Crippen LogP) is 4.26. The zero-order valence-electron chi connectivity index (χ0n) is 12.3. The standard InChI is InChI=1S/C16H12ClFN4OS/c17-12-7-10(4-5-13(12)18)20-15(23)8-11-9-24-16(21-11)22-14-3-1-2-6-19-14/h1-7,9H,8H2,(H,20,23)(H,19,21,22). The lowest BCUT2D eigenvalue weighted by Crippen LogP contribution is -2.14. The largest absolute Gasteiger partial charge is 0.326 e. The van der Waals surface area contributed by atoms with Crippen LogP contribution in [0.4, 0.5) is 21.0 Å². The molecule has 0 saturated carbocycles. The second-order valence-corrected chi connectivity index (χ2v) is 6.10. The summed E-state index contributed by atoms with van der Waals surface area (Å²) in [6.45, 7) is 0. The number of aromatic nitrogens is 2. The number of carbonyl (C=O) groups excluding carboxylic acids is 1. The fourth-order valence-electron chi connectivity index (χ4n) is 1.94. The highest BCUT2D eigenvalue weighted by Gasteiger charge is 2.10. The van der Waals surface area contributed by atoms with E-state index in [1.807, 2.05) is 18.2 Å². The van der Waals surface area contributed by atoms with Gasteiger partial charge in [-0.2, -0.15) is 0 Å². The number of pyridine rings is 1. The van der Waals surface area contributed by atoms with Crippen molar-refractivity contribution in [2.24, 2.45) is 0 Å². The molecular formula is C16H12ClFN4OS. The van der Waals surface area contributed by atoms with Gasteiger partial charge in [-0.1, -0.05) is 17.7 Å². The number of thiazole rings is 1. The summed E-state index contributed by atoms with van der Waals surface area (Å²) in [5, 5.41) is 8.14. The zero-order valence-corrected chi connectivity index (χ0v) is 13.9. The van der Waals surface area contributed by atoms with Gasteiger partial charge in [0.1, 0.15) is 11.6 Å². The molecule has 2 aromatic heterocycles. The Morgan fingerprint density at radius 1 is 1.29 bits per heavy atom. The number of nitrogens with zero attached hydrogens (tertiary/aromatic N) is 2. The number of carbonyl (C=O) groups is 1. The molecule has 0 radical (unpaired) electrons. The summed E-state index contributed by atoms with van der Waals surface area (Å²) < 4.78 is 13.1. The Labute approximate surface area is 146 Å². The van der Waals surface area contributed by atoms with Crippen LogP contribution in [-0.2, 0) is 11.2 Å². The predicted molar refractivity (Wildman–Crippen MR) is 93.4 cm³/mol. The normalized spacial score (nSPS) is 10.4. The van der Waals surface area contributed by atoms with E-state index in [1.165, 1.54) is 29.5 Å². The molecule has 0 fully saturated rings. The molecule has 0 unspecified atom stereocenters. The summed E-state index contributed by atoms with van der Waals surface area (Å²) in [6, 6.07) is 9.54. The highest BCUT2D eigenvalue weighted by atomic mass is 35.5. The first-order chi connectivity index (χ1) is 11.6. The lowest BCUT2D eigenvalue weighted by Gasteiger charge is -2.05. The summed E-state index contributed by atoms with van der Waals surface area (Å²) in [4.78, 5) is 20.5. The van der Waals surface area contributed by atoms with E-state index >= 15 is 0 Å². The topological polar surface area (TPSA) is 66.9 Å². The Kier molecular flexibility index (Phi) is 5.02. The smallest absolute Gasteiger partial charge is 0.230 e. The highest BCUT2D eigenvalue weighted by molar-refractivity contribution is 7.13. The van der Waals surface area contributed by atoms with Gasteiger partial charge in [0, 0.05) is 17.3 Å². The molecule has 0 bridgehead atoms. The number of anilines is 3. The number of halogens is 2. The van der Waals surface area contributed by atoms with Crippen molar-refractivity contribution in [1.82, 2.24) is 9.97 Å². The summed E-state index contributed by atoms with van der Waals surface area (Å²) in [7, 11) is 0. The molecule has 2 N–H and O–H groups in total. The van der Waals surface area contributed by atoms with Gasteiger partial charge < -0.3 is 10.6 Å². The third-order valence-corrected chi connectivity index (χ3v) is 4.09. The van der Waals surface area contributed by atoms with Crippen LogP contribution in [0.3, 0.4) is 0 Å². The van der Waals surface area contributed by atoms with Crippen molar-refractivity contribution in [3.63, 3.8) is 0 Å². The maximum absolute atomic E-state index is 13.1. The molecule has 3 aromatic rings. The molecular weight excluding hydrogens is 351 g/mol. The van der Waals surface area contributed by atoms with Crippen molar-refractivity contribution in [2.75, 3.05) is 10.6 Å². The highest BCUT2D eigenvalue weighted by Crippen LogP contribution is 2.21. The van der Waals surface area contributed by atoms with Crippen LogP contribution in [0.25, 0.3) is 0 Å². The average Bonchev–Trinajstić information content (AvgIpc) is 2.99. The Hall–Kier alpha value is -2.51. The minimum absolute atomic E-state index is 0.0386. The second kappa shape index (κ2) is 7.37. The van der Waals surface area contributed by atoms with Crippen LogP contribution in [0.5, 0.6) is 0 Å². The van der Waals surface area contributed by atoms with Crippen molar-refractivity contribution in [2.45, 2.75) is 6.42 Å². The van der Waals surface area contributed by atoms with Crippen LogP contribution < -0.4 is 10.6 Å². The molecule has 24 heavy (non-hydrogen) atoms. The third kappa shape index (κ3) is 4.27. The van der Waals surface area contributed by atoms with Gasteiger partial charge in [0.05, 0.1) is 17.1 Å². The number of benzene rings is 1. The van der Waals surface area contributed by atoms with Crippen LogP contribution in [0.2, 0.25) is 5.02 Å². The lowest BCUT2D eigenvalue weighted by molar-refractivity contribution is -0.115. The number of rotatable bonds is 5. The Balaban J connectivity index is 1.59. The number of nitrogens with one attached hydrogen (secondary N) is 2. The van der Waals surface area contributed by atoms with Crippen molar-refractivity contribution in [3.05, 3.63) is 64.5 Å². The maximum Gasteiger partial charge on any atom is 0.230 e. The van der Waals surface area contributed by atoms with Crippen LogP contribution in [0, 0.1) is 5.82 Å². The van der Waals surface area contributed by atoms with Crippen molar-refractivity contribution < 1.29 is 9.18 Å². The number of hydrogen-bond donors (Lipinski definition) is 2. The first-order valence-corrected chi connectivity index (χ1v) is 8.23. The fraction of sp³-hybridized carbons (Fsp3) is 0.0625. The van der Waals surface area contributed by atoms with Crippen LogP contribution in [0.15, 0.2) is 48.0 Å². The van der Waals surface area contributed by atoms with Crippen molar-refractivity contribution in [1.29, 1.82) is 0 Å². The van der Waals surface area contributed by atoms with E-state index in [2.05, 4.69) is 20.6 Å². The molecule has 122 valence electrons. The monoisotopic (exact) mass is 362 g/mol. The molecule has 0 saturated heterocycles. The summed E-state index contributed by atoms with van der Waals surface area (Å²) >= 11 is 7.07. The van der Waals surface area contributed by atoms with Gasteiger partial charge in [0.2, 0.25) is 5.91 Å². The average molecular weight is 363 g/mol. The van der Waals surface area contributed by atoms with Crippen molar-refractivity contribution in [3.8, 4) is 0 Å². The second-order valence-electron chi connectivity index (χ2n) is 4.84. The third-order valence-electron chi connectivity index (χ3n) is 3.00. The van der Waals surface area contributed by atoms with E-state index in [0.29, 0.717) is 22.3 Å². The molecule has 0 atom stereocenters. The van der Waals surface area contributed by atoms with Gasteiger partial charge in [0.25, 0.3) is 0 Å². The minimum atomic E-state index is -0.528. The Bertz CT molecular complexity index is 856. The van der Waals surface area contributed by atoms with E-state index in [0.717, 1.165) is 0 Å². The van der Waals surface area contributed by atoms with Crippen LogP contribution >= 0.6 is 22.9 Å². The van der Waals surface area contributed by atoms with Gasteiger partial charge in [-0.15, -0.1) is 11.3 Å². The van der Waals surface area contributed by atoms with Crippen LogP contribution in [0.1, 0.15) is 5.69 Å². The molecule has 0 aliphatic heterocycles. The number of amides is 1. The lowest BCUT2D eigenvalue weighted by atomic mass is 10.2. The SMILES string of the molecule is O=C(Cc1csc(Nc2ccccn2)n1)Nc1ccc(F)c(Cl)c1. The van der Waals surface area contributed by atoms with Gasteiger partial charge >= 0.3 is 0 Å². The molecule has 3 rings (SSSR count). The van der Waals surface area contributed by atoms with Crippen molar-refractivity contribution >= 4 is 45.5 Å². The quantitative estimate of drug-likeness (QED) is 0.711. The Morgan fingerprint density at radius 3 is 2.92 bits per heavy atom. The van der Waals surface area contributed by atoms with E-state index in [4.69, 9.17) is 11.6 Å². The molecule has 8 heteroatoms. The molecule has 0 aliphatic carbocycles. The molecule has 1 aromatic carbocycles. The molecule has 0 aliphatic rings. The molecule has 2 heterocycles. The van der Waals surface area contributed by atoms with E-state index in [1.54, 1.807) is 11.6 Å². The zero-order chi connectivity index (χ0) is 16.9. The van der Waals surface area contributed by atoms with Gasteiger partial charge in [-0.25, -0.2) is 14.4 Å². The summed E-state index contributed by atoms with van der Waals surface area (Å²) in [5.41, 5.74) is 1.07. The Morgan fingerprint density at radius 2 is 2.17 bits per heavy atom. The molecule has 1 amide bonds. The van der Waals surface area contributed by atoms with E-state index in [9.17, 15) is 9.18 Å². The van der Waals surface area contributed by atoms with E-state index < -0.39 is 5.82 Å². The van der Waals surface area contributed by atoms with Gasteiger partial charge in [-0.3, -0.25) is 4.79 Å². The summed E-state index contributed by atoms with van der Waals surface area (Å²) in [6.07, 6.45) is 1.79. The first-order valence-electron chi connectivity index (χ1n) is 6.97. The fourth-order valence-corrected chi connectivity index (χ4v) is 2.83. The molecule has 5 nitrogen and oxygen atoms in total. The maximum atomic E-state index is 13.1. The minimum Gasteiger partial charge on any atom is -0.326 e. The van der Waals surface area contributed by atoms with Crippen LogP contribution in [-0.4, -0.2) is 15.9 Å². The first kappa shape index (κ1) is 16.4. The number of hydrogen-bond acceptors (Lipinski definition) is 5. The van der Waals surface area contributed by atoms with Gasteiger partial charge in [0.15, 0.2) is 5.13 Å². The summed E-state index contributed by atoms with van der Waals surface area (Å²) in [5.74, 6) is -0.101.